The molecule has 1 unspecified atom stereocenters. The molecular weight excluding hydrogens is 433 g/mol. The quantitative estimate of drug-likeness (QED) is 0.248. The molecule has 1 saturated heterocycles. The summed E-state index contributed by atoms with van der Waals surface area (Å²) in [4.78, 5) is 3.63. The number of nitrogens with zero attached hydrogens (tertiary/aromatic N) is 1. The third kappa shape index (κ3) is 6.16. The first-order chi connectivity index (χ1) is 14.6. The summed E-state index contributed by atoms with van der Waals surface area (Å²) < 4.78 is 47.1. The Morgan fingerprint density at radius 3 is 2.55 bits per heavy atom. The van der Waals surface area contributed by atoms with Gasteiger partial charge in [-0.05, 0) is 49.2 Å². The molecule has 3 rings (SSSR count). The highest BCUT2D eigenvalue weighted by Crippen LogP contribution is 2.43. The highest BCUT2D eigenvalue weighted by molar-refractivity contribution is 6.33. The van der Waals surface area contributed by atoms with Crippen LogP contribution in [0.5, 0.6) is 5.75 Å². The molecule has 0 bridgehead atoms. The molecule has 11 heteroatoms. The molecule has 0 saturated carbocycles. The fourth-order valence-electron chi connectivity index (χ4n) is 3.38. The third-order valence-corrected chi connectivity index (χ3v) is 5.05. The maximum absolute atomic E-state index is 13.8. The van der Waals surface area contributed by atoms with E-state index >= 15 is 0 Å². The van der Waals surface area contributed by atoms with Crippen LogP contribution in [0.2, 0.25) is 5.02 Å². The number of hydrogen-bond acceptors (Lipinski definition) is 5. The lowest BCUT2D eigenvalue weighted by molar-refractivity contribution is -0.137. The minimum absolute atomic E-state index is 0.0302. The molecule has 168 valence electrons. The zero-order chi connectivity index (χ0) is 22.6. The zero-order valence-corrected chi connectivity index (χ0v) is 17.3. The molecule has 0 aromatic heterocycles. The van der Waals surface area contributed by atoms with Gasteiger partial charge in [0, 0.05) is 17.3 Å². The normalized spacial score (nSPS) is 17.3. The average Bonchev–Trinajstić information content (AvgIpc) is 3.19. The molecule has 0 aliphatic carbocycles. The summed E-state index contributed by atoms with van der Waals surface area (Å²) in [6, 6.07) is 8.89. The van der Waals surface area contributed by atoms with Crippen LogP contribution in [0.4, 0.5) is 18.9 Å². The van der Waals surface area contributed by atoms with E-state index in [1.165, 1.54) is 6.07 Å². The average molecular weight is 457 g/mol. The monoisotopic (exact) mass is 456 g/mol. The number of guanidine groups is 1. The van der Waals surface area contributed by atoms with Crippen molar-refractivity contribution in [3.8, 4) is 16.9 Å². The van der Waals surface area contributed by atoms with E-state index in [1.54, 1.807) is 24.3 Å². The van der Waals surface area contributed by atoms with Gasteiger partial charge < -0.3 is 26.8 Å². The summed E-state index contributed by atoms with van der Waals surface area (Å²) in [5.74, 6) is 0.272. The van der Waals surface area contributed by atoms with Crippen LogP contribution in [0.25, 0.3) is 11.1 Å². The van der Waals surface area contributed by atoms with Crippen molar-refractivity contribution in [2.45, 2.75) is 31.3 Å². The van der Waals surface area contributed by atoms with Gasteiger partial charge in [-0.2, -0.15) is 13.2 Å². The summed E-state index contributed by atoms with van der Waals surface area (Å²) in [6.45, 7) is 1.47. The van der Waals surface area contributed by atoms with Gasteiger partial charge in [0.15, 0.2) is 12.2 Å². The molecule has 1 heterocycles. The Bertz CT molecular complexity index is 926. The van der Waals surface area contributed by atoms with Gasteiger partial charge in [0.05, 0.1) is 10.6 Å². The van der Waals surface area contributed by atoms with E-state index in [-0.39, 0.29) is 28.3 Å². The van der Waals surface area contributed by atoms with Crippen LogP contribution in [0.1, 0.15) is 18.4 Å². The number of nitrogens with two attached hydrogens (primary N) is 3. The van der Waals surface area contributed by atoms with Crippen LogP contribution in [0.15, 0.2) is 41.4 Å². The van der Waals surface area contributed by atoms with E-state index < -0.39 is 18.0 Å². The van der Waals surface area contributed by atoms with E-state index in [2.05, 4.69) is 15.6 Å². The van der Waals surface area contributed by atoms with Gasteiger partial charge in [-0.25, -0.2) is 4.99 Å². The summed E-state index contributed by atoms with van der Waals surface area (Å²) >= 11 is 6.25. The molecule has 1 aliphatic rings. The SMILES string of the molecule is NC(N)=NC(N)Nc1cc(Cl)c(-c2ccc(OC[C@H]3CCCN3)cc2)c(C(F)(F)F)c1. The van der Waals surface area contributed by atoms with Crippen LogP contribution in [-0.4, -0.2) is 31.4 Å². The van der Waals surface area contributed by atoms with E-state index in [0.29, 0.717) is 17.9 Å². The van der Waals surface area contributed by atoms with Crippen LogP contribution in [0.3, 0.4) is 0 Å². The van der Waals surface area contributed by atoms with E-state index in [1.807, 2.05) is 0 Å². The number of rotatable bonds is 7. The van der Waals surface area contributed by atoms with Crippen molar-refractivity contribution in [1.82, 2.24) is 5.32 Å². The highest BCUT2D eigenvalue weighted by Gasteiger charge is 2.35. The lowest BCUT2D eigenvalue weighted by Gasteiger charge is -2.19. The summed E-state index contributed by atoms with van der Waals surface area (Å²) in [5, 5.41) is 5.80. The van der Waals surface area contributed by atoms with E-state index in [4.69, 9.17) is 33.5 Å². The molecule has 0 spiro atoms. The van der Waals surface area contributed by atoms with Gasteiger partial charge in [-0.15, -0.1) is 0 Å². The molecule has 0 amide bonds. The maximum Gasteiger partial charge on any atom is 0.417 e. The van der Waals surface area contributed by atoms with Gasteiger partial charge in [0.25, 0.3) is 0 Å². The van der Waals surface area contributed by atoms with Crippen molar-refractivity contribution in [2.75, 3.05) is 18.5 Å². The number of aliphatic imine (C=N–C) groups is 1. The molecule has 1 aliphatic heterocycles. The first kappa shape index (κ1) is 23.0. The Morgan fingerprint density at radius 2 is 1.97 bits per heavy atom. The Kier molecular flexibility index (Phi) is 7.14. The lowest BCUT2D eigenvalue weighted by Crippen LogP contribution is -2.33. The number of hydrogen-bond donors (Lipinski definition) is 5. The van der Waals surface area contributed by atoms with Gasteiger partial charge in [-0.3, -0.25) is 5.73 Å². The van der Waals surface area contributed by atoms with Crippen molar-refractivity contribution in [3.05, 3.63) is 47.0 Å². The Balaban J connectivity index is 1.86. The topological polar surface area (TPSA) is 124 Å². The predicted molar refractivity (Wildman–Crippen MR) is 116 cm³/mol. The van der Waals surface area contributed by atoms with Crippen molar-refractivity contribution < 1.29 is 17.9 Å². The predicted octanol–water partition coefficient (Wildman–Crippen LogP) is 3.08. The standard InChI is InChI=1S/C20H24ClF3N6O/c21-16-9-13(29-19(27)30-18(25)26)8-15(20(22,23)24)17(16)11-3-5-14(6-4-11)31-10-12-2-1-7-28-12/h3-6,8-9,12,19,28-29H,1-2,7,10,27H2,(H4,25,26,30)/t12-,19?/m1/s1. The molecule has 31 heavy (non-hydrogen) atoms. The Morgan fingerprint density at radius 1 is 1.26 bits per heavy atom. The zero-order valence-electron chi connectivity index (χ0n) is 16.5. The third-order valence-electron chi connectivity index (χ3n) is 4.75. The number of benzene rings is 2. The molecule has 2 atom stereocenters. The fraction of sp³-hybridized carbons (Fsp3) is 0.350. The van der Waals surface area contributed by atoms with Crippen LogP contribution in [0, 0.1) is 0 Å². The van der Waals surface area contributed by atoms with E-state index in [0.717, 1.165) is 25.5 Å². The fourth-order valence-corrected chi connectivity index (χ4v) is 3.71. The number of nitrogens with one attached hydrogen (secondary N) is 2. The number of alkyl halides is 3. The number of anilines is 1. The van der Waals surface area contributed by atoms with Crippen LogP contribution >= 0.6 is 11.6 Å². The van der Waals surface area contributed by atoms with Crippen molar-refractivity contribution in [2.24, 2.45) is 22.2 Å². The summed E-state index contributed by atoms with van der Waals surface area (Å²) in [7, 11) is 0. The Hall–Kier alpha value is -2.69. The van der Waals surface area contributed by atoms with Gasteiger partial charge >= 0.3 is 6.18 Å². The summed E-state index contributed by atoms with van der Waals surface area (Å²) in [6.07, 6.45) is -3.64. The number of ether oxygens (including phenoxy) is 1. The van der Waals surface area contributed by atoms with Gasteiger partial charge in [-0.1, -0.05) is 23.7 Å². The second-order valence-corrected chi connectivity index (χ2v) is 7.56. The van der Waals surface area contributed by atoms with E-state index in [9.17, 15) is 13.2 Å². The molecule has 2 aromatic carbocycles. The molecular formula is C20H24ClF3N6O. The first-order valence-corrected chi connectivity index (χ1v) is 9.99. The van der Waals surface area contributed by atoms with Crippen molar-refractivity contribution in [1.29, 1.82) is 0 Å². The molecule has 2 aromatic rings. The van der Waals surface area contributed by atoms with Gasteiger partial charge in [0.2, 0.25) is 0 Å². The smallest absolute Gasteiger partial charge is 0.417 e. The molecule has 8 N–H and O–H groups in total. The Labute approximate surface area is 182 Å². The molecule has 0 radical (unpaired) electrons. The van der Waals surface area contributed by atoms with Crippen molar-refractivity contribution >= 4 is 23.2 Å². The minimum Gasteiger partial charge on any atom is -0.492 e. The molecule has 7 nitrogen and oxygen atoms in total. The largest absolute Gasteiger partial charge is 0.492 e. The minimum atomic E-state index is -4.65. The maximum atomic E-state index is 13.8. The highest BCUT2D eigenvalue weighted by atomic mass is 35.5. The van der Waals surface area contributed by atoms with Crippen molar-refractivity contribution in [3.63, 3.8) is 0 Å². The first-order valence-electron chi connectivity index (χ1n) is 9.61. The van der Waals surface area contributed by atoms with Gasteiger partial charge in [0.1, 0.15) is 12.4 Å². The lowest BCUT2D eigenvalue weighted by atomic mass is 9.98. The van der Waals surface area contributed by atoms with Crippen LogP contribution in [-0.2, 0) is 6.18 Å². The number of halogens is 4. The second-order valence-electron chi connectivity index (χ2n) is 7.15. The summed E-state index contributed by atoms with van der Waals surface area (Å²) in [5.41, 5.74) is 15.4. The van der Waals surface area contributed by atoms with Crippen LogP contribution < -0.4 is 32.6 Å². The second kappa shape index (κ2) is 9.63. The molecule has 1 fully saturated rings.